The van der Waals surface area contributed by atoms with Gasteiger partial charge >= 0.3 is 6.18 Å². The van der Waals surface area contributed by atoms with Crippen LogP contribution in [-0.4, -0.2) is 13.2 Å². The minimum atomic E-state index is -4.36. The third kappa shape index (κ3) is 1.88. The third-order valence-corrected chi connectivity index (χ3v) is 2.65. The molecule has 86 valence electrons. The molecule has 5 heteroatoms. The zero-order valence-electron chi connectivity index (χ0n) is 9.12. The van der Waals surface area contributed by atoms with E-state index in [1.165, 1.54) is 20.0 Å². The van der Waals surface area contributed by atoms with Crippen molar-refractivity contribution >= 4 is 0 Å². The Labute approximate surface area is 86.5 Å². The van der Waals surface area contributed by atoms with Gasteiger partial charge in [0.15, 0.2) is 0 Å². The Hall–Kier alpha value is -0.970. The van der Waals surface area contributed by atoms with E-state index in [2.05, 4.69) is 5.32 Å². The maximum absolute atomic E-state index is 12.9. The third-order valence-electron chi connectivity index (χ3n) is 2.65. The smallest absolute Gasteiger partial charge is 0.410 e. The number of hydrogen-bond donors (Lipinski definition) is 1. The average molecular weight is 221 g/mol. The van der Waals surface area contributed by atoms with Gasteiger partial charge in [-0.3, -0.25) is 0 Å². The molecule has 0 aliphatic heterocycles. The van der Waals surface area contributed by atoms with Gasteiger partial charge in [-0.1, -0.05) is 0 Å². The molecule has 2 nitrogen and oxygen atoms in total. The quantitative estimate of drug-likeness (QED) is 0.830. The summed E-state index contributed by atoms with van der Waals surface area (Å²) in [6.07, 6.45) is -4.36. The number of aryl methyl sites for hydroxylation is 2. The van der Waals surface area contributed by atoms with Gasteiger partial charge in [-0.15, -0.1) is 0 Å². The molecule has 0 saturated carbocycles. The fourth-order valence-electron chi connectivity index (χ4n) is 1.56. The van der Waals surface area contributed by atoms with Crippen LogP contribution in [0.2, 0.25) is 0 Å². The average Bonchev–Trinajstić information content (AvgIpc) is 2.42. The molecule has 1 atom stereocenters. The van der Waals surface area contributed by atoms with Crippen molar-refractivity contribution in [1.82, 2.24) is 5.32 Å². The predicted molar refractivity (Wildman–Crippen MR) is 50.6 cm³/mol. The molecule has 15 heavy (non-hydrogen) atoms. The highest BCUT2D eigenvalue weighted by molar-refractivity contribution is 5.30. The van der Waals surface area contributed by atoms with Gasteiger partial charge in [0.2, 0.25) is 0 Å². The van der Waals surface area contributed by atoms with Crippen molar-refractivity contribution in [2.75, 3.05) is 7.05 Å². The molecule has 1 aromatic rings. The largest absolute Gasteiger partial charge is 0.466 e. The molecule has 0 amide bonds. The molecule has 0 spiro atoms. The number of halogens is 3. The predicted octanol–water partition coefficient (Wildman–Crippen LogP) is 2.89. The van der Waals surface area contributed by atoms with Crippen LogP contribution in [0, 0.1) is 13.8 Å². The molecule has 0 aliphatic rings. The molecule has 1 N–H and O–H groups in total. The van der Waals surface area contributed by atoms with Gasteiger partial charge in [0.05, 0.1) is 0 Å². The Kier molecular flexibility index (Phi) is 2.87. The molecular weight excluding hydrogens is 207 g/mol. The van der Waals surface area contributed by atoms with E-state index in [4.69, 9.17) is 4.42 Å². The second-order valence-corrected chi connectivity index (χ2v) is 3.70. The van der Waals surface area contributed by atoms with Crippen LogP contribution >= 0.6 is 0 Å². The minimum absolute atomic E-state index is 0.134. The zero-order valence-corrected chi connectivity index (χ0v) is 9.12. The van der Waals surface area contributed by atoms with Crippen LogP contribution in [0.15, 0.2) is 10.5 Å². The molecule has 1 rings (SSSR count). The topological polar surface area (TPSA) is 25.2 Å². The number of alkyl halides is 3. The standard InChI is InChI=1S/C10H14F3NO/c1-6-5-8(7(2)15-6)9(3,14-4)10(11,12)13/h5,14H,1-4H3. The normalized spacial score (nSPS) is 16.5. The Morgan fingerprint density at radius 3 is 2.07 bits per heavy atom. The Bertz CT molecular complexity index is 356. The SMILES string of the molecule is CNC(C)(c1cc(C)oc1C)C(F)(F)F. The highest BCUT2D eigenvalue weighted by Gasteiger charge is 2.52. The molecule has 0 saturated heterocycles. The van der Waals surface area contributed by atoms with Gasteiger partial charge in [-0.2, -0.15) is 13.2 Å². The van der Waals surface area contributed by atoms with Crippen molar-refractivity contribution in [3.8, 4) is 0 Å². The van der Waals surface area contributed by atoms with E-state index < -0.39 is 11.7 Å². The van der Waals surface area contributed by atoms with Crippen molar-refractivity contribution in [3.63, 3.8) is 0 Å². The molecule has 1 unspecified atom stereocenters. The molecular formula is C10H14F3NO. The van der Waals surface area contributed by atoms with E-state index >= 15 is 0 Å². The van der Waals surface area contributed by atoms with E-state index in [-0.39, 0.29) is 5.56 Å². The number of rotatable bonds is 2. The monoisotopic (exact) mass is 221 g/mol. The van der Waals surface area contributed by atoms with Crippen molar-refractivity contribution in [1.29, 1.82) is 0 Å². The van der Waals surface area contributed by atoms with E-state index in [0.29, 0.717) is 11.5 Å². The first-order chi connectivity index (χ1) is 6.72. The Morgan fingerprint density at radius 1 is 1.27 bits per heavy atom. The summed E-state index contributed by atoms with van der Waals surface area (Å²) in [4.78, 5) is 0. The van der Waals surface area contributed by atoms with Crippen LogP contribution in [0.4, 0.5) is 13.2 Å². The molecule has 0 radical (unpaired) electrons. The fraction of sp³-hybridized carbons (Fsp3) is 0.600. The summed E-state index contributed by atoms with van der Waals surface area (Å²) in [6.45, 7) is 4.26. The first-order valence-corrected chi connectivity index (χ1v) is 4.55. The van der Waals surface area contributed by atoms with Crippen molar-refractivity contribution in [3.05, 3.63) is 23.2 Å². The van der Waals surface area contributed by atoms with Gasteiger partial charge in [0, 0.05) is 5.56 Å². The van der Waals surface area contributed by atoms with Gasteiger partial charge < -0.3 is 9.73 Å². The molecule has 0 aromatic carbocycles. The maximum atomic E-state index is 12.9. The lowest BCUT2D eigenvalue weighted by atomic mass is 9.91. The first-order valence-electron chi connectivity index (χ1n) is 4.55. The summed E-state index contributed by atoms with van der Waals surface area (Å²) in [6, 6.07) is 1.42. The fourth-order valence-corrected chi connectivity index (χ4v) is 1.56. The summed E-state index contributed by atoms with van der Waals surface area (Å²) in [7, 11) is 1.29. The van der Waals surface area contributed by atoms with Crippen molar-refractivity contribution in [2.24, 2.45) is 0 Å². The molecule has 0 bridgehead atoms. The second-order valence-electron chi connectivity index (χ2n) is 3.70. The molecule has 0 aliphatic carbocycles. The lowest BCUT2D eigenvalue weighted by Gasteiger charge is -2.31. The van der Waals surface area contributed by atoms with E-state index in [9.17, 15) is 13.2 Å². The lowest BCUT2D eigenvalue weighted by Crippen LogP contribution is -2.50. The van der Waals surface area contributed by atoms with Crippen LogP contribution < -0.4 is 5.32 Å². The van der Waals surface area contributed by atoms with Crippen molar-refractivity contribution < 1.29 is 17.6 Å². The maximum Gasteiger partial charge on any atom is 0.410 e. The van der Waals surface area contributed by atoms with Crippen LogP contribution in [0.3, 0.4) is 0 Å². The van der Waals surface area contributed by atoms with Gasteiger partial charge in [-0.25, -0.2) is 0 Å². The van der Waals surface area contributed by atoms with Crippen LogP contribution in [0.1, 0.15) is 24.0 Å². The van der Waals surface area contributed by atoms with Gasteiger partial charge in [0.25, 0.3) is 0 Å². The Morgan fingerprint density at radius 2 is 1.80 bits per heavy atom. The van der Waals surface area contributed by atoms with E-state index in [1.807, 2.05) is 0 Å². The van der Waals surface area contributed by atoms with Crippen LogP contribution in [0.5, 0.6) is 0 Å². The number of hydrogen-bond acceptors (Lipinski definition) is 2. The van der Waals surface area contributed by atoms with Crippen LogP contribution in [0.25, 0.3) is 0 Å². The summed E-state index contributed by atoms with van der Waals surface area (Å²) in [5, 5.41) is 2.30. The first kappa shape index (κ1) is 12.1. The Balaban J connectivity index is 3.29. The van der Waals surface area contributed by atoms with Gasteiger partial charge in [-0.05, 0) is 33.9 Å². The van der Waals surface area contributed by atoms with E-state index in [1.54, 1.807) is 6.92 Å². The summed E-state index contributed by atoms with van der Waals surface area (Å²) >= 11 is 0. The molecule has 0 fully saturated rings. The molecule has 1 heterocycles. The molecule has 1 aromatic heterocycles. The second kappa shape index (κ2) is 3.56. The van der Waals surface area contributed by atoms with Crippen LogP contribution in [-0.2, 0) is 5.54 Å². The highest BCUT2D eigenvalue weighted by atomic mass is 19.4. The zero-order chi connectivity index (χ0) is 11.9. The summed E-state index contributed by atoms with van der Waals surface area (Å²) < 4.78 is 43.7. The number of nitrogens with one attached hydrogen (secondary N) is 1. The van der Waals surface area contributed by atoms with Gasteiger partial charge in [0.1, 0.15) is 17.1 Å². The summed E-state index contributed by atoms with van der Waals surface area (Å²) in [5.41, 5.74) is -1.93. The summed E-state index contributed by atoms with van der Waals surface area (Å²) in [5.74, 6) is 0.773. The highest BCUT2D eigenvalue weighted by Crippen LogP contribution is 2.40. The lowest BCUT2D eigenvalue weighted by molar-refractivity contribution is -0.194. The van der Waals surface area contributed by atoms with E-state index in [0.717, 1.165) is 6.92 Å². The minimum Gasteiger partial charge on any atom is -0.466 e. The van der Waals surface area contributed by atoms with Crippen molar-refractivity contribution in [2.45, 2.75) is 32.5 Å². The number of furan rings is 1.